The van der Waals surface area contributed by atoms with Crippen LogP contribution in [-0.2, 0) is 19.0 Å². The first-order valence-corrected chi connectivity index (χ1v) is 6.26. The molecule has 0 amide bonds. The van der Waals surface area contributed by atoms with Crippen molar-refractivity contribution in [2.24, 2.45) is 0 Å². The number of aliphatic hydroxyl groups is 4. The van der Waals surface area contributed by atoms with Crippen LogP contribution in [0.2, 0.25) is 0 Å². The topological polar surface area (TPSA) is 134 Å². The van der Waals surface area contributed by atoms with E-state index in [4.69, 9.17) is 5.11 Å². The minimum Gasteiger partial charge on any atom is -0.394 e. The van der Waals surface area contributed by atoms with Crippen molar-refractivity contribution in [1.29, 1.82) is 0 Å². The molecular formula is C7H14O8S. The number of hydrogen-bond donors (Lipinski definition) is 4. The van der Waals surface area contributed by atoms with E-state index < -0.39 is 47.4 Å². The molecule has 96 valence electrons. The van der Waals surface area contributed by atoms with Gasteiger partial charge in [-0.1, -0.05) is 0 Å². The fraction of sp³-hybridized carbons (Fsp3) is 1.00. The highest BCUT2D eigenvalue weighted by atomic mass is 32.2. The molecule has 0 radical (unpaired) electrons. The first-order chi connectivity index (χ1) is 7.26. The van der Waals surface area contributed by atoms with Crippen LogP contribution in [-0.4, -0.2) is 72.4 Å². The van der Waals surface area contributed by atoms with Crippen LogP contribution in [0.3, 0.4) is 0 Å². The molecule has 1 heterocycles. The lowest BCUT2D eigenvalue weighted by Crippen LogP contribution is -2.59. The van der Waals surface area contributed by atoms with Crippen LogP contribution in [0, 0.1) is 0 Å². The first kappa shape index (κ1) is 13.8. The van der Waals surface area contributed by atoms with Crippen LogP contribution < -0.4 is 0 Å². The molecule has 0 aromatic heterocycles. The molecular weight excluding hydrogens is 244 g/mol. The van der Waals surface area contributed by atoms with E-state index in [9.17, 15) is 23.7 Å². The largest absolute Gasteiger partial charge is 0.394 e. The molecule has 1 fully saturated rings. The number of aliphatic hydroxyl groups excluding tert-OH is 4. The van der Waals surface area contributed by atoms with Gasteiger partial charge in [-0.05, 0) is 0 Å². The molecule has 9 heteroatoms. The van der Waals surface area contributed by atoms with Gasteiger partial charge in [-0.25, -0.2) is 0 Å². The van der Waals surface area contributed by atoms with E-state index in [1.54, 1.807) is 0 Å². The summed E-state index contributed by atoms with van der Waals surface area (Å²) < 4.78 is 30.8. The van der Waals surface area contributed by atoms with Gasteiger partial charge in [0.25, 0.3) is 10.1 Å². The average molecular weight is 258 g/mol. The maximum Gasteiger partial charge on any atom is 0.264 e. The number of ether oxygens (including phenoxy) is 1. The lowest BCUT2D eigenvalue weighted by atomic mass is 9.99. The minimum atomic E-state index is -3.91. The van der Waals surface area contributed by atoms with E-state index in [2.05, 4.69) is 8.92 Å². The molecule has 1 rings (SSSR count). The maximum atomic E-state index is 10.9. The van der Waals surface area contributed by atoms with E-state index in [0.29, 0.717) is 0 Å². The van der Waals surface area contributed by atoms with Crippen LogP contribution in [0.25, 0.3) is 0 Å². The smallest absolute Gasteiger partial charge is 0.264 e. The van der Waals surface area contributed by atoms with Crippen molar-refractivity contribution in [3.63, 3.8) is 0 Å². The molecule has 0 saturated carbocycles. The Morgan fingerprint density at radius 3 is 2.25 bits per heavy atom. The molecule has 0 aromatic rings. The molecule has 1 saturated heterocycles. The molecule has 0 aliphatic carbocycles. The summed E-state index contributed by atoms with van der Waals surface area (Å²) in [6.45, 7) is -0.644. The Morgan fingerprint density at radius 1 is 1.25 bits per heavy atom. The van der Waals surface area contributed by atoms with Gasteiger partial charge in [0.15, 0.2) is 6.29 Å². The fourth-order valence-corrected chi connectivity index (χ4v) is 2.01. The summed E-state index contributed by atoms with van der Waals surface area (Å²) >= 11 is 0. The highest BCUT2D eigenvalue weighted by molar-refractivity contribution is 7.86. The van der Waals surface area contributed by atoms with Gasteiger partial charge in [0.2, 0.25) is 0 Å². The normalized spacial score (nSPS) is 40.9. The predicted octanol–water partition coefficient (Wildman–Crippen LogP) is -3.24. The quantitative estimate of drug-likeness (QED) is 0.388. The van der Waals surface area contributed by atoms with Crippen molar-refractivity contribution in [3.05, 3.63) is 0 Å². The lowest BCUT2D eigenvalue weighted by Gasteiger charge is -2.39. The van der Waals surface area contributed by atoms with Gasteiger partial charge < -0.3 is 25.2 Å². The standard InChI is InChI=1S/C7H14O8S/c1-16(12,13)15-6-4(9)3(2-8)14-7(11)5(6)10/h3-11H,2H2,1H3/t3-,4-,5-,6+,7-/m1/s1. The third-order valence-electron chi connectivity index (χ3n) is 2.13. The van der Waals surface area contributed by atoms with Gasteiger partial charge in [-0.15, -0.1) is 0 Å². The summed E-state index contributed by atoms with van der Waals surface area (Å²) in [6, 6.07) is 0. The minimum absolute atomic E-state index is 0.644. The third-order valence-corrected chi connectivity index (χ3v) is 2.70. The van der Waals surface area contributed by atoms with Crippen LogP contribution in [0.15, 0.2) is 0 Å². The van der Waals surface area contributed by atoms with Gasteiger partial charge in [0, 0.05) is 0 Å². The Kier molecular flexibility index (Phi) is 4.23. The van der Waals surface area contributed by atoms with Crippen molar-refractivity contribution >= 4 is 10.1 Å². The zero-order chi connectivity index (χ0) is 12.5. The highest BCUT2D eigenvalue weighted by Gasteiger charge is 2.46. The summed E-state index contributed by atoms with van der Waals surface area (Å²) in [7, 11) is -3.91. The van der Waals surface area contributed by atoms with Crippen molar-refractivity contribution in [1.82, 2.24) is 0 Å². The predicted molar refractivity (Wildman–Crippen MR) is 49.7 cm³/mol. The van der Waals surface area contributed by atoms with Crippen molar-refractivity contribution < 1.29 is 37.8 Å². The zero-order valence-electron chi connectivity index (χ0n) is 8.42. The summed E-state index contributed by atoms with van der Waals surface area (Å²) in [5, 5.41) is 36.9. The van der Waals surface area contributed by atoms with E-state index in [0.717, 1.165) is 6.26 Å². The van der Waals surface area contributed by atoms with Crippen LogP contribution in [0.5, 0.6) is 0 Å². The van der Waals surface area contributed by atoms with Gasteiger partial charge in [-0.3, -0.25) is 4.18 Å². The molecule has 5 atom stereocenters. The van der Waals surface area contributed by atoms with Crippen LogP contribution >= 0.6 is 0 Å². The van der Waals surface area contributed by atoms with E-state index >= 15 is 0 Å². The third kappa shape index (κ3) is 3.10. The Bertz CT molecular complexity index is 327. The van der Waals surface area contributed by atoms with Gasteiger partial charge in [0.1, 0.15) is 24.4 Å². The summed E-state index contributed by atoms with van der Waals surface area (Å²) in [5.74, 6) is 0. The van der Waals surface area contributed by atoms with E-state index in [1.165, 1.54) is 0 Å². The second-order valence-corrected chi connectivity index (χ2v) is 5.09. The van der Waals surface area contributed by atoms with Crippen molar-refractivity contribution in [3.8, 4) is 0 Å². The molecule has 0 unspecified atom stereocenters. The lowest BCUT2D eigenvalue weighted by molar-refractivity contribution is -0.281. The highest BCUT2D eigenvalue weighted by Crippen LogP contribution is 2.23. The summed E-state index contributed by atoms with van der Waals surface area (Å²) in [5.41, 5.74) is 0. The molecule has 8 nitrogen and oxygen atoms in total. The van der Waals surface area contributed by atoms with Gasteiger partial charge in [-0.2, -0.15) is 8.42 Å². The molecule has 16 heavy (non-hydrogen) atoms. The maximum absolute atomic E-state index is 10.9. The van der Waals surface area contributed by atoms with Crippen molar-refractivity contribution in [2.75, 3.05) is 12.9 Å². The molecule has 0 bridgehead atoms. The van der Waals surface area contributed by atoms with Crippen LogP contribution in [0.1, 0.15) is 0 Å². The first-order valence-electron chi connectivity index (χ1n) is 4.45. The molecule has 0 aromatic carbocycles. The molecule has 4 N–H and O–H groups in total. The van der Waals surface area contributed by atoms with Crippen LogP contribution in [0.4, 0.5) is 0 Å². The van der Waals surface area contributed by atoms with Crippen molar-refractivity contribution in [2.45, 2.75) is 30.7 Å². The molecule has 1 aliphatic rings. The van der Waals surface area contributed by atoms with Gasteiger partial charge in [0.05, 0.1) is 12.9 Å². The van der Waals surface area contributed by atoms with E-state index in [1.807, 2.05) is 0 Å². The average Bonchev–Trinajstić information content (AvgIpc) is 2.17. The Hall–Kier alpha value is -0.290. The van der Waals surface area contributed by atoms with E-state index in [-0.39, 0.29) is 0 Å². The van der Waals surface area contributed by atoms with Gasteiger partial charge >= 0.3 is 0 Å². The molecule has 0 spiro atoms. The number of rotatable bonds is 3. The number of hydrogen-bond acceptors (Lipinski definition) is 8. The summed E-state index contributed by atoms with van der Waals surface area (Å²) in [6.07, 6.45) is -7.05. The fourth-order valence-electron chi connectivity index (χ4n) is 1.38. The monoisotopic (exact) mass is 258 g/mol. The Balaban J connectivity index is 2.85. The Morgan fingerprint density at radius 2 is 1.81 bits per heavy atom. The summed E-state index contributed by atoms with van der Waals surface area (Å²) in [4.78, 5) is 0. The second kappa shape index (κ2) is 4.92. The second-order valence-electron chi connectivity index (χ2n) is 3.49. The Labute approximate surface area is 92.2 Å². The molecule has 1 aliphatic heterocycles. The zero-order valence-corrected chi connectivity index (χ0v) is 9.24. The SMILES string of the molecule is CS(=O)(=O)O[C@@H]1[C@@H](O)[C@H](O)O[C@H](CO)[C@H]1O.